The van der Waals surface area contributed by atoms with E-state index in [1.807, 2.05) is 18.2 Å². The van der Waals surface area contributed by atoms with Crippen molar-refractivity contribution in [2.75, 3.05) is 26.0 Å². The Bertz CT molecular complexity index is 1080. The third kappa shape index (κ3) is 5.80. The van der Waals surface area contributed by atoms with Crippen molar-refractivity contribution < 1.29 is 14.9 Å². The van der Waals surface area contributed by atoms with Crippen molar-refractivity contribution in [1.29, 1.82) is 0 Å². The van der Waals surface area contributed by atoms with Crippen LogP contribution in [0.5, 0.6) is 5.75 Å². The average Bonchev–Trinajstić information content (AvgIpc) is 2.88. The predicted molar refractivity (Wildman–Crippen MR) is 135 cm³/mol. The highest BCUT2D eigenvalue weighted by atomic mass is 35.5. The maximum absolute atomic E-state index is 11.3. The number of ether oxygens (including phenoxy) is 1. The van der Waals surface area contributed by atoms with Crippen LogP contribution < -0.4 is 10.1 Å². The SMILES string of the molecule is COc1ccc2ncc(Cl)c([C@H](O)CCC3([C@@H](O)CCSc4cnccn4)CCNCC3)c2c1. The fourth-order valence-corrected chi connectivity index (χ4v) is 5.92. The molecule has 3 heterocycles. The minimum absolute atomic E-state index is 0.248. The van der Waals surface area contributed by atoms with Crippen molar-refractivity contribution in [2.24, 2.45) is 5.41 Å². The average molecular weight is 503 g/mol. The molecule has 9 heteroatoms. The van der Waals surface area contributed by atoms with Gasteiger partial charge in [0.1, 0.15) is 10.8 Å². The standard InChI is InChI=1S/C25H31ClN4O3S/c1-33-17-2-3-20-18(14-17)24(19(26)15-30-20)21(31)4-6-25(7-9-27-10-8-25)22(32)5-13-34-23-16-28-11-12-29-23/h2-3,11-12,14-16,21-22,27,31-32H,4-10,13H2,1H3/t21-,22+/m1/s1. The van der Waals surface area contributed by atoms with E-state index in [1.54, 1.807) is 43.7 Å². The molecule has 0 amide bonds. The highest BCUT2D eigenvalue weighted by Gasteiger charge is 2.39. The molecule has 1 saturated heterocycles. The van der Waals surface area contributed by atoms with Gasteiger partial charge in [0.25, 0.3) is 0 Å². The van der Waals surface area contributed by atoms with E-state index in [-0.39, 0.29) is 5.41 Å². The molecule has 0 radical (unpaired) electrons. The quantitative estimate of drug-likeness (QED) is 0.350. The number of rotatable bonds is 10. The van der Waals surface area contributed by atoms with E-state index >= 15 is 0 Å². The number of benzene rings is 1. The first kappa shape index (κ1) is 25.1. The number of halogens is 1. The summed E-state index contributed by atoms with van der Waals surface area (Å²) in [7, 11) is 1.61. The Morgan fingerprint density at radius 3 is 2.71 bits per heavy atom. The number of aliphatic hydroxyl groups excluding tert-OH is 2. The Kier molecular flexibility index (Phi) is 8.60. The van der Waals surface area contributed by atoms with E-state index < -0.39 is 12.2 Å². The van der Waals surface area contributed by atoms with Gasteiger partial charge in [0.15, 0.2) is 0 Å². The fourth-order valence-electron chi connectivity index (χ4n) is 4.82. The summed E-state index contributed by atoms with van der Waals surface area (Å²) in [6.07, 6.45) is 9.05. The number of piperidine rings is 1. The Morgan fingerprint density at radius 1 is 1.15 bits per heavy atom. The monoisotopic (exact) mass is 502 g/mol. The van der Waals surface area contributed by atoms with Crippen LogP contribution in [0.25, 0.3) is 10.9 Å². The number of thioether (sulfide) groups is 1. The molecule has 1 fully saturated rings. The summed E-state index contributed by atoms with van der Waals surface area (Å²) in [4.78, 5) is 12.8. The number of nitrogens with zero attached hydrogens (tertiary/aromatic N) is 3. The lowest BCUT2D eigenvalue weighted by molar-refractivity contribution is -0.0165. The second-order valence-corrected chi connectivity index (χ2v) is 10.3. The zero-order valence-corrected chi connectivity index (χ0v) is 20.9. The molecule has 34 heavy (non-hydrogen) atoms. The van der Waals surface area contributed by atoms with Gasteiger partial charge in [-0.2, -0.15) is 0 Å². The third-order valence-corrected chi connectivity index (χ3v) is 8.05. The number of hydrogen-bond acceptors (Lipinski definition) is 8. The van der Waals surface area contributed by atoms with Gasteiger partial charge in [0.2, 0.25) is 0 Å². The molecule has 1 aromatic carbocycles. The van der Waals surface area contributed by atoms with Crippen molar-refractivity contribution in [2.45, 2.75) is 49.3 Å². The molecule has 2 atom stereocenters. The minimum Gasteiger partial charge on any atom is -0.497 e. The second kappa shape index (κ2) is 11.6. The van der Waals surface area contributed by atoms with Gasteiger partial charge in [-0.15, -0.1) is 11.8 Å². The summed E-state index contributed by atoms with van der Waals surface area (Å²) in [5.41, 5.74) is 1.18. The molecular formula is C25H31ClN4O3S. The molecule has 7 nitrogen and oxygen atoms in total. The van der Waals surface area contributed by atoms with Gasteiger partial charge in [-0.1, -0.05) is 11.6 Å². The lowest BCUT2D eigenvalue weighted by Gasteiger charge is -2.42. The first-order valence-electron chi connectivity index (χ1n) is 11.6. The molecule has 1 aliphatic heterocycles. The number of hydrogen-bond donors (Lipinski definition) is 3. The fraction of sp³-hybridized carbons (Fsp3) is 0.480. The molecule has 0 bridgehead atoms. The lowest BCUT2D eigenvalue weighted by atomic mass is 9.69. The summed E-state index contributed by atoms with van der Waals surface area (Å²) in [5, 5.41) is 28.0. The molecule has 0 saturated carbocycles. The molecule has 2 aromatic heterocycles. The van der Waals surface area contributed by atoms with Crippen molar-refractivity contribution in [1.82, 2.24) is 20.3 Å². The number of nitrogens with one attached hydrogen (secondary N) is 1. The highest BCUT2D eigenvalue weighted by Crippen LogP contribution is 2.43. The molecule has 3 aromatic rings. The summed E-state index contributed by atoms with van der Waals surface area (Å²) in [5.74, 6) is 1.45. The Hall–Kier alpha value is -1.97. The van der Waals surface area contributed by atoms with E-state index in [2.05, 4.69) is 20.3 Å². The van der Waals surface area contributed by atoms with E-state index in [4.69, 9.17) is 16.3 Å². The van der Waals surface area contributed by atoms with E-state index in [9.17, 15) is 10.2 Å². The van der Waals surface area contributed by atoms with E-state index in [1.165, 1.54) is 0 Å². The van der Waals surface area contributed by atoms with Crippen LogP contribution in [0.4, 0.5) is 0 Å². The maximum atomic E-state index is 11.3. The van der Waals surface area contributed by atoms with Gasteiger partial charge < -0.3 is 20.3 Å². The van der Waals surface area contributed by atoms with Crippen LogP contribution in [0.2, 0.25) is 5.02 Å². The normalized spacial score (nSPS) is 17.4. The molecule has 0 spiro atoms. The summed E-state index contributed by atoms with van der Waals surface area (Å²) in [6.45, 7) is 1.72. The molecule has 4 rings (SSSR count). The lowest BCUT2D eigenvalue weighted by Crippen LogP contribution is -2.45. The molecule has 0 unspecified atom stereocenters. The number of aliphatic hydroxyl groups is 2. The molecule has 182 valence electrons. The first-order valence-corrected chi connectivity index (χ1v) is 13.0. The smallest absolute Gasteiger partial charge is 0.119 e. The minimum atomic E-state index is -0.766. The summed E-state index contributed by atoms with van der Waals surface area (Å²) in [6, 6.07) is 5.58. The summed E-state index contributed by atoms with van der Waals surface area (Å²) >= 11 is 8.11. The highest BCUT2D eigenvalue weighted by molar-refractivity contribution is 7.99. The number of pyridine rings is 1. The van der Waals surface area contributed by atoms with Crippen LogP contribution in [-0.4, -0.2) is 57.2 Å². The Balaban J connectivity index is 1.47. The van der Waals surface area contributed by atoms with Gasteiger partial charge in [-0.3, -0.25) is 9.97 Å². The van der Waals surface area contributed by atoms with Crippen molar-refractivity contribution in [3.05, 3.63) is 53.6 Å². The number of aromatic nitrogens is 3. The van der Waals surface area contributed by atoms with E-state index in [0.29, 0.717) is 35.6 Å². The van der Waals surface area contributed by atoms with Crippen LogP contribution in [0.1, 0.15) is 43.8 Å². The molecule has 0 aliphatic carbocycles. The summed E-state index contributed by atoms with van der Waals surface area (Å²) < 4.78 is 5.37. The van der Waals surface area contributed by atoms with Crippen LogP contribution in [0, 0.1) is 5.41 Å². The van der Waals surface area contributed by atoms with Gasteiger partial charge >= 0.3 is 0 Å². The van der Waals surface area contributed by atoms with Crippen molar-refractivity contribution in [3.63, 3.8) is 0 Å². The van der Waals surface area contributed by atoms with Crippen molar-refractivity contribution in [3.8, 4) is 5.75 Å². The van der Waals surface area contributed by atoms with Gasteiger partial charge in [-0.05, 0) is 68.8 Å². The van der Waals surface area contributed by atoms with Crippen LogP contribution in [0.15, 0.2) is 48.0 Å². The van der Waals surface area contributed by atoms with Crippen LogP contribution >= 0.6 is 23.4 Å². The van der Waals surface area contributed by atoms with Gasteiger partial charge in [0.05, 0.1) is 36.1 Å². The molecule has 1 aliphatic rings. The second-order valence-electron chi connectivity index (χ2n) is 8.77. The zero-order valence-electron chi connectivity index (χ0n) is 19.3. The van der Waals surface area contributed by atoms with Gasteiger partial charge in [-0.25, -0.2) is 4.98 Å². The van der Waals surface area contributed by atoms with Crippen molar-refractivity contribution >= 4 is 34.3 Å². The predicted octanol–water partition coefficient (Wildman–Crippen LogP) is 4.41. The Labute approximate surface area is 209 Å². The number of methoxy groups -OCH3 is 1. The first-order chi connectivity index (χ1) is 16.5. The number of fused-ring (bicyclic) bond motifs is 1. The Morgan fingerprint density at radius 2 is 1.97 bits per heavy atom. The third-order valence-electron chi connectivity index (χ3n) is 6.80. The molecule has 3 N–H and O–H groups in total. The van der Waals surface area contributed by atoms with Gasteiger partial charge in [0, 0.05) is 35.3 Å². The topological polar surface area (TPSA) is 100 Å². The van der Waals surface area contributed by atoms with E-state index in [0.717, 1.165) is 47.6 Å². The maximum Gasteiger partial charge on any atom is 0.119 e. The largest absolute Gasteiger partial charge is 0.497 e. The zero-order chi connectivity index (χ0) is 24.0. The van der Waals surface area contributed by atoms with Crippen LogP contribution in [-0.2, 0) is 0 Å². The van der Waals surface area contributed by atoms with Crippen LogP contribution in [0.3, 0.4) is 0 Å². The molecular weight excluding hydrogens is 472 g/mol.